The molecule has 0 heterocycles. The third-order valence-corrected chi connectivity index (χ3v) is 10.5. The van der Waals surface area contributed by atoms with Gasteiger partial charge in [0, 0.05) is 36.4 Å². The molecule has 0 radical (unpaired) electrons. The predicted octanol–water partition coefficient (Wildman–Crippen LogP) is 13.7. The van der Waals surface area contributed by atoms with Gasteiger partial charge in [-0.05, 0) is 155 Å². The van der Waals surface area contributed by atoms with Crippen LogP contribution in [0.5, 0.6) is 23.0 Å². The average Bonchev–Trinajstić information content (AvgIpc) is 3.34. The lowest BCUT2D eigenvalue weighted by Crippen LogP contribution is -2.21. The van der Waals surface area contributed by atoms with Crippen molar-refractivity contribution in [3.05, 3.63) is 179 Å². The molecule has 0 aliphatic carbocycles. The fourth-order valence-electron chi connectivity index (χ4n) is 6.84. The SMILES string of the molecule is Nc1ccc(-c2ccc(N)cc2COC(=O)/C=C/c2ccc(OC(F)(F)c3ccc(OCCCC(F)(F)F)cc3)cc2)c(COC(=O)/C=C/c2ccc(OC(F)(F)c3ccc(OCCCC(F)(F)F)cc3)cc2)c1. The minimum absolute atomic E-state index is 0.119. The number of benzene rings is 6. The summed E-state index contributed by atoms with van der Waals surface area (Å²) in [4.78, 5) is 25.7. The Labute approximate surface area is 417 Å². The number of hydrogen-bond donors (Lipinski definition) is 2. The van der Waals surface area contributed by atoms with Gasteiger partial charge in [-0.1, -0.05) is 36.4 Å². The summed E-state index contributed by atoms with van der Waals surface area (Å²) >= 11 is 0. The molecular weight excluding hydrogens is 995 g/mol. The maximum atomic E-state index is 14.9. The van der Waals surface area contributed by atoms with E-state index in [4.69, 9.17) is 39.9 Å². The molecule has 0 unspecified atom stereocenters. The Morgan fingerprint density at radius 3 is 1.12 bits per heavy atom. The van der Waals surface area contributed by atoms with Crippen LogP contribution in [-0.4, -0.2) is 37.5 Å². The Kier molecular flexibility index (Phi) is 18.3. The predicted molar refractivity (Wildman–Crippen MR) is 255 cm³/mol. The number of anilines is 2. The minimum Gasteiger partial charge on any atom is -0.494 e. The second-order valence-corrected chi connectivity index (χ2v) is 16.3. The highest BCUT2D eigenvalue weighted by atomic mass is 19.4. The van der Waals surface area contributed by atoms with E-state index in [2.05, 4.69) is 0 Å². The summed E-state index contributed by atoms with van der Waals surface area (Å²) in [6, 6.07) is 29.6. The molecule has 0 aliphatic rings. The van der Waals surface area contributed by atoms with Crippen LogP contribution in [-0.2, 0) is 44.5 Å². The molecule has 10 nitrogen and oxygen atoms in total. The van der Waals surface area contributed by atoms with E-state index in [0.29, 0.717) is 44.8 Å². The highest BCUT2D eigenvalue weighted by molar-refractivity contribution is 5.88. The van der Waals surface area contributed by atoms with Crippen LogP contribution in [0.15, 0.2) is 146 Å². The molecule has 4 N–H and O–H groups in total. The van der Waals surface area contributed by atoms with E-state index in [1.807, 2.05) is 0 Å². The zero-order chi connectivity index (χ0) is 53.5. The smallest absolute Gasteiger partial charge is 0.426 e. The van der Waals surface area contributed by atoms with Crippen molar-refractivity contribution in [1.29, 1.82) is 0 Å². The number of esters is 2. The number of alkyl halides is 10. The minimum atomic E-state index is -4.33. The van der Waals surface area contributed by atoms with Crippen molar-refractivity contribution in [2.24, 2.45) is 0 Å². The molecule has 0 saturated heterocycles. The monoisotopic (exact) mass is 1040 g/mol. The summed E-state index contributed by atoms with van der Waals surface area (Å²) in [6.07, 6.45) is -13.8. The van der Waals surface area contributed by atoms with Crippen molar-refractivity contribution < 1.29 is 81.9 Å². The molecule has 0 fully saturated rings. The number of hydrogen-bond acceptors (Lipinski definition) is 10. The summed E-state index contributed by atoms with van der Waals surface area (Å²) in [6.45, 7) is -0.970. The first-order chi connectivity index (χ1) is 35.0. The lowest BCUT2D eigenvalue weighted by molar-refractivity contribution is -0.186. The molecule has 6 aromatic rings. The number of carbonyl (C=O) groups is 2. The third-order valence-electron chi connectivity index (χ3n) is 10.5. The normalized spacial score (nSPS) is 12.2. The Morgan fingerprint density at radius 2 is 0.784 bits per heavy atom. The van der Waals surface area contributed by atoms with Crippen molar-refractivity contribution in [2.45, 2.75) is 63.5 Å². The quantitative estimate of drug-likeness (QED) is 0.0209. The molecule has 0 bridgehead atoms. The highest BCUT2D eigenvalue weighted by Crippen LogP contribution is 2.36. The van der Waals surface area contributed by atoms with Crippen molar-refractivity contribution in [1.82, 2.24) is 0 Å². The van der Waals surface area contributed by atoms with Crippen molar-refractivity contribution in [3.63, 3.8) is 0 Å². The van der Waals surface area contributed by atoms with Crippen molar-refractivity contribution in [3.8, 4) is 34.1 Å². The van der Waals surface area contributed by atoms with Gasteiger partial charge in [0.1, 0.15) is 36.2 Å². The first-order valence-corrected chi connectivity index (χ1v) is 22.4. The molecule has 0 amide bonds. The fourth-order valence-corrected chi connectivity index (χ4v) is 6.84. The van der Waals surface area contributed by atoms with Gasteiger partial charge in [-0.15, -0.1) is 0 Å². The number of carbonyl (C=O) groups excluding carboxylic acids is 2. The molecule has 0 aliphatic heterocycles. The van der Waals surface area contributed by atoms with Gasteiger partial charge in [-0.3, -0.25) is 0 Å². The first kappa shape index (κ1) is 55.2. The van der Waals surface area contributed by atoms with Gasteiger partial charge in [0.05, 0.1) is 24.3 Å². The molecule has 390 valence electrons. The fraction of sp³-hybridized carbons (Fsp3) is 0.222. The molecule has 6 aromatic carbocycles. The highest BCUT2D eigenvalue weighted by Gasteiger charge is 2.36. The van der Waals surface area contributed by atoms with Crippen LogP contribution >= 0.6 is 0 Å². The maximum Gasteiger partial charge on any atom is 0.426 e. The first-order valence-electron chi connectivity index (χ1n) is 22.4. The molecular formula is C54H46F10N2O8. The average molecular weight is 1040 g/mol. The van der Waals surface area contributed by atoms with Gasteiger partial charge in [-0.25, -0.2) is 9.59 Å². The van der Waals surface area contributed by atoms with E-state index in [1.165, 1.54) is 84.9 Å². The molecule has 0 atom stereocenters. The second-order valence-electron chi connectivity index (χ2n) is 16.3. The summed E-state index contributed by atoms with van der Waals surface area (Å²) < 4.78 is 165. The summed E-state index contributed by atoms with van der Waals surface area (Å²) in [5.41, 5.74) is 14.9. The topological polar surface area (TPSA) is 142 Å². The van der Waals surface area contributed by atoms with E-state index < -0.39 is 60.5 Å². The zero-order valence-electron chi connectivity index (χ0n) is 38.9. The Bertz CT molecular complexity index is 2670. The summed E-state index contributed by atoms with van der Waals surface area (Å²) in [5, 5.41) is 0. The Morgan fingerprint density at radius 1 is 0.446 bits per heavy atom. The number of rotatable bonds is 23. The standard InChI is InChI=1S/C54H46F10N2O8/c55-51(56,57)27-1-29-69-43-19-9-39(10-20-43)53(61,62)73-45-15-3-35(4-16-45)7-25-49(67)71-33-37-31-41(65)13-23-47(37)48-24-14-42(66)32-38(48)34-72-50(68)26-8-36-5-17-46(18-6-36)74-54(63,64)40-11-21-44(22-12-40)70-30-2-28-52(58,59)60/h3-26,31-32H,1-2,27-30,33-34,65-66H2/b25-7+,26-8+. The van der Waals surface area contributed by atoms with Gasteiger partial charge in [-0.2, -0.15) is 43.9 Å². The van der Waals surface area contributed by atoms with Crippen LogP contribution < -0.4 is 30.4 Å². The number of nitrogen functional groups attached to an aromatic ring is 2. The van der Waals surface area contributed by atoms with Crippen molar-refractivity contribution in [2.75, 3.05) is 24.7 Å². The van der Waals surface area contributed by atoms with Crippen LogP contribution in [0.2, 0.25) is 0 Å². The Balaban J connectivity index is 0.989. The Hall–Kier alpha value is -8.16. The summed E-state index contributed by atoms with van der Waals surface area (Å²) in [7, 11) is 0. The van der Waals surface area contributed by atoms with Gasteiger partial charge in [0.25, 0.3) is 0 Å². The molecule has 0 spiro atoms. The van der Waals surface area contributed by atoms with E-state index in [1.54, 1.807) is 36.4 Å². The molecule has 0 saturated carbocycles. The molecule has 0 aromatic heterocycles. The van der Waals surface area contributed by atoms with Gasteiger partial charge in [0.2, 0.25) is 0 Å². The van der Waals surface area contributed by atoms with Crippen LogP contribution in [0.25, 0.3) is 23.3 Å². The maximum absolute atomic E-state index is 14.9. The van der Waals surface area contributed by atoms with Gasteiger partial charge < -0.3 is 39.9 Å². The second kappa shape index (κ2) is 24.5. The largest absolute Gasteiger partial charge is 0.494 e. The molecule has 20 heteroatoms. The zero-order valence-corrected chi connectivity index (χ0v) is 38.9. The van der Waals surface area contributed by atoms with Crippen molar-refractivity contribution >= 4 is 35.5 Å². The van der Waals surface area contributed by atoms with Crippen LogP contribution in [0.4, 0.5) is 55.3 Å². The number of nitrogens with two attached hydrogens (primary N) is 2. The molecule has 6 rings (SSSR count). The third kappa shape index (κ3) is 17.6. The lowest BCUT2D eigenvalue weighted by atomic mass is 9.95. The van der Waals surface area contributed by atoms with E-state index >= 15 is 0 Å². The lowest BCUT2D eigenvalue weighted by Gasteiger charge is -2.18. The van der Waals surface area contributed by atoms with Crippen LogP contribution in [0.3, 0.4) is 0 Å². The van der Waals surface area contributed by atoms with E-state index in [0.717, 1.165) is 36.4 Å². The van der Waals surface area contributed by atoms with Gasteiger partial charge >= 0.3 is 36.5 Å². The van der Waals surface area contributed by atoms with Gasteiger partial charge in [0.15, 0.2) is 0 Å². The molecule has 74 heavy (non-hydrogen) atoms. The van der Waals surface area contributed by atoms with Crippen LogP contribution in [0, 0.1) is 0 Å². The summed E-state index contributed by atoms with van der Waals surface area (Å²) in [5.74, 6) is -1.67. The van der Waals surface area contributed by atoms with E-state index in [9.17, 15) is 53.5 Å². The van der Waals surface area contributed by atoms with E-state index in [-0.39, 0.29) is 62.3 Å². The number of halogens is 10. The van der Waals surface area contributed by atoms with Crippen LogP contribution in [0.1, 0.15) is 59.1 Å². The number of ether oxygens (including phenoxy) is 6.